The Morgan fingerprint density at radius 2 is 2.18 bits per heavy atom. The third-order valence-corrected chi connectivity index (χ3v) is 1.77. The minimum atomic E-state index is 1.12. The van der Waals surface area contributed by atoms with Gasteiger partial charge in [-0.2, -0.15) is 0 Å². The van der Waals surface area contributed by atoms with Gasteiger partial charge in [-0.1, -0.05) is 30.9 Å². The number of hydrogen-bond donors (Lipinski definition) is 0. The van der Waals surface area contributed by atoms with Crippen LogP contribution >= 0.6 is 0 Å². The van der Waals surface area contributed by atoms with Gasteiger partial charge < -0.3 is 4.42 Å². The average Bonchev–Trinajstić information content (AvgIpc) is 2.50. The maximum Gasteiger partial charge on any atom is 0.0987 e. The number of furan rings is 1. The molecule has 0 amide bonds. The summed E-state index contributed by atoms with van der Waals surface area (Å²) in [6.45, 7) is 3.72. The molecular weight excluding hydrogens is 136 g/mol. The minimum Gasteiger partial charge on any atom is -0.471 e. The summed E-state index contributed by atoms with van der Waals surface area (Å²) in [5.74, 6) is 0. The van der Waals surface area contributed by atoms with E-state index in [0.717, 1.165) is 16.3 Å². The molecule has 0 atom stereocenters. The fraction of sp³-hybridized carbons (Fsp3) is 0. The Labute approximate surface area is 64.9 Å². The molecule has 54 valence electrons. The molecule has 0 aliphatic carbocycles. The molecule has 1 aromatic heterocycles. The Kier molecular flexibility index (Phi) is 1.29. The highest BCUT2D eigenvalue weighted by Crippen LogP contribution is 2.19. The van der Waals surface area contributed by atoms with E-state index >= 15 is 0 Å². The molecule has 0 saturated carbocycles. The highest BCUT2D eigenvalue weighted by molar-refractivity contribution is 5.89. The first-order valence-electron chi connectivity index (χ1n) is 3.49. The van der Waals surface area contributed by atoms with E-state index in [1.807, 2.05) is 24.3 Å². The molecule has 1 nitrogen and oxygen atoms in total. The highest BCUT2D eigenvalue weighted by atomic mass is 16.3. The van der Waals surface area contributed by atoms with Crippen LogP contribution in [0.1, 0.15) is 5.56 Å². The molecule has 11 heavy (non-hydrogen) atoms. The Bertz CT molecular complexity index is 384. The zero-order chi connectivity index (χ0) is 7.68. The van der Waals surface area contributed by atoms with Gasteiger partial charge in [0.1, 0.15) is 0 Å². The van der Waals surface area contributed by atoms with Crippen LogP contribution in [0.4, 0.5) is 0 Å². The predicted molar refractivity (Wildman–Crippen MR) is 46.3 cm³/mol. The Morgan fingerprint density at radius 3 is 3.00 bits per heavy atom. The van der Waals surface area contributed by atoms with Crippen LogP contribution in [-0.4, -0.2) is 0 Å². The van der Waals surface area contributed by atoms with Crippen molar-refractivity contribution in [1.29, 1.82) is 0 Å². The summed E-state index contributed by atoms with van der Waals surface area (Å²) in [6, 6.07) is 6.03. The maximum atomic E-state index is 5.06. The van der Waals surface area contributed by atoms with Gasteiger partial charge in [0.15, 0.2) is 0 Å². The normalized spacial score (nSPS) is 10.2. The molecule has 1 aromatic carbocycles. The lowest BCUT2D eigenvalue weighted by Gasteiger charge is -1.92. The maximum absolute atomic E-state index is 5.06. The van der Waals surface area contributed by atoms with Crippen molar-refractivity contribution < 1.29 is 4.42 Å². The standard InChI is InChI=1S/C10H8O/c1-2-8-4-3-5-9-6-11-7-10(8)9/h2-7H,1H2. The summed E-state index contributed by atoms with van der Waals surface area (Å²) in [7, 11) is 0. The first-order valence-corrected chi connectivity index (χ1v) is 3.49. The van der Waals surface area contributed by atoms with Crippen molar-refractivity contribution in [3.8, 4) is 0 Å². The average molecular weight is 144 g/mol. The SMILES string of the molecule is C=Cc1cccc2cocc12. The van der Waals surface area contributed by atoms with Crippen LogP contribution in [0.25, 0.3) is 16.8 Å². The van der Waals surface area contributed by atoms with Gasteiger partial charge in [0.05, 0.1) is 12.5 Å². The van der Waals surface area contributed by atoms with Crippen LogP contribution in [0.5, 0.6) is 0 Å². The van der Waals surface area contributed by atoms with Crippen LogP contribution < -0.4 is 0 Å². The van der Waals surface area contributed by atoms with E-state index in [1.165, 1.54) is 0 Å². The van der Waals surface area contributed by atoms with Crippen LogP contribution in [0.3, 0.4) is 0 Å². The van der Waals surface area contributed by atoms with Crippen molar-refractivity contribution in [2.75, 3.05) is 0 Å². The number of rotatable bonds is 1. The lowest BCUT2D eigenvalue weighted by Crippen LogP contribution is -1.70. The van der Waals surface area contributed by atoms with Crippen molar-refractivity contribution in [3.05, 3.63) is 42.9 Å². The zero-order valence-electron chi connectivity index (χ0n) is 6.08. The molecule has 1 heterocycles. The monoisotopic (exact) mass is 144 g/mol. The van der Waals surface area contributed by atoms with Crippen molar-refractivity contribution in [2.24, 2.45) is 0 Å². The van der Waals surface area contributed by atoms with E-state index in [0.29, 0.717) is 0 Å². The second-order valence-corrected chi connectivity index (χ2v) is 2.43. The van der Waals surface area contributed by atoms with E-state index in [-0.39, 0.29) is 0 Å². The van der Waals surface area contributed by atoms with Gasteiger partial charge in [-0.25, -0.2) is 0 Å². The van der Waals surface area contributed by atoms with Gasteiger partial charge in [0.25, 0.3) is 0 Å². The summed E-state index contributed by atoms with van der Waals surface area (Å²) in [6.07, 6.45) is 5.31. The molecule has 2 rings (SSSR count). The number of benzene rings is 1. The van der Waals surface area contributed by atoms with Gasteiger partial charge in [0, 0.05) is 10.8 Å². The van der Waals surface area contributed by atoms with Gasteiger partial charge in [-0.3, -0.25) is 0 Å². The van der Waals surface area contributed by atoms with Crippen molar-refractivity contribution in [3.63, 3.8) is 0 Å². The molecule has 0 aliphatic rings. The lowest BCUT2D eigenvalue weighted by atomic mass is 10.1. The first kappa shape index (κ1) is 6.23. The van der Waals surface area contributed by atoms with E-state index in [4.69, 9.17) is 4.42 Å². The Balaban J connectivity index is 2.88. The molecule has 0 bridgehead atoms. The summed E-state index contributed by atoms with van der Waals surface area (Å²) in [5, 5.41) is 2.25. The molecule has 0 aliphatic heterocycles. The summed E-state index contributed by atoms with van der Waals surface area (Å²) in [5.41, 5.74) is 1.12. The van der Waals surface area contributed by atoms with Crippen LogP contribution in [0, 0.1) is 0 Å². The summed E-state index contributed by atoms with van der Waals surface area (Å²) < 4.78 is 5.06. The van der Waals surface area contributed by atoms with Gasteiger partial charge in [-0.15, -0.1) is 0 Å². The number of hydrogen-bond acceptors (Lipinski definition) is 1. The molecule has 1 heteroatoms. The molecule has 0 spiro atoms. The fourth-order valence-corrected chi connectivity index (χ4v) is 1.19. The van der Waals surface area contributed by atoms with Crippen LogP contribution in [0.15, 0.2) is 41.7 Å². The smallest absolute Gasteiger partial charge is 0.0987 e. The van der Waals surface area contributed by atoms with Crippen molar-refractivity contribution in [2.45, 2.75) is 0 Å². The van der Waals surface area contributed by atoms with E-state index in [1.54, 1.807) is 12.5 Å². The second kappa shape index (κ2) is 2.27. The highest BCUT2D eigenvalue weighted by Gasteiger charge is 1.97. The molecule has 0 saturated heterocycles. The topological polar surface area (TPSA) is 13.1 Å². The van der Waals surface area contributed by atoms with Gasteiger partial charge >= 0.3 is 0 Å². The third-order valence-electron chi connectivity index (χ3n) is 1.77. The predicted octanol–water partition coefficient (Wildman–Crippen LogP) is 3.08. The second-order valence-electron chi connectivity index (χ2n) is 2.43. The third kappa shape index (κ3) is 0.855. The van der Waals surface area contributed by atoms with Crippen molar-refractivity contribution >= 4 is 16.8 Å². The lowest BCUT2D eigenvalue weighted by molar-refractivity contribution is 0.572. The molecule has 0 unspecified atom stereocenters. The largest absolute Gasteiger partial charge is 0.471 e. The van der Waals surface area contributed by atoms with E-state index in [9.17, 15) is 0 Å². The fourth-order valence-electron chi connectivity index (χ4n) is 1.19. The Morgan fingerprint density at radius 1 is 1.27 bits per heavy atom. The molecule has 0 fully saturated rings. The zero-order valence-corrected chi connectivity index (χ0v) is 6.08. The quantitative estimate of drug-likeness (QED) is 0.599. The van der Waals surface area contributed by atoms with Gasteiger partial charge in [-0.05, 0) is 5.56 Å². The van der Waals surface area contributed by atoms with Gasteiger partial charge in [0.2, 0.25) is 0 Å². The first-order chi connectivity index (χ1) is 5.42. The molecule has 0 radical (unpaired) electrons. The van der Waals surface area contributed by atoms with Crippen LogP contribution in [-0.2, 0) is 0 Å². The molecular formula is C10H8O. The summed E-state index contributed by atoms with van der Waals surface area (Å²) in [4.78, 5) is 0. The van der Waals surface area contributed by atoms with E-state index in [2.05, 4.69) is 6.58 Å². The number of fused-ring (bicyclic) bond motifs is 1. The molecule has 0 N–H and O–H groups in total. The van der Waals surface area contributed by atoms with E-state index < -0.39 is 0 Å². The van der Waals surface area contributed by atoms with Crippen molar-refractivity contribution in [1.82, 2.24) is 0 Å². The van der Waals surface area contributed by atoms with Crippen LogP contribution in [0.2, 0.25) is 0 Å². The molecule has 2 aromatic rings. The Hall–Kier alpha value is -1.50. The minimum absolute atomic E-state index is 1.12. The summed E-state index contributed by atoms with van der Waals surface area (Å²) >= 11 is 0.